The van der Waals surface area contributed by atoms with Gasteiger partial charge in [-0.25, -0.2) is 4.79 Å². The van der Waals surface area contributed by atoms with Crippen LogP contribution in [0.25, 0.3) is 0 Å². The van der Waals surface area contributed by atoms with Gasteiger partial charge in [0, 0.05) is 45.4 Å². The maximum atomic E-state index is 11.8. The molecule has 0 radical (unpaired) electrons. The third kappa shape index (κ3) is 8.28. The summed E-state index contributed by atoms with van der Waals surface area (Å²) in [5.74, 6) is 0.880. The van der Waals surface area contributed by atoms with Crippen molar-refractivity contribution < 1.29 is 14.3 Å². The molecule has 2 heterocycles. The van der Waals surface area contributed by atoms with E-state index in [-0.39, 0.29) is 30.1 Å². The molecule has 0 bridgehead atoms. The van der Waals surface area contributed by atoms with Crippen molar-refractivity contribution >= 4 is 36.0 Å². The van der Waals surface area contributed by atoms with Gasteiger partial charge in [0.05, 0.1) is 19.8 Å². The van der Waals surface area contributed by atoms with Gasteiger partial charge in [-0.2, -0.15) is 0 Å². The largest absolute Gasteiger partial charge is 0.450 e. The van der Waals surface area contributed by atoms with Crippen LogP contribution in [0.5, 0.6) is 0 Å². The number of carbonyl (C=O) groups is 1. The number of rotatable bonds is 8. The lowest BCUT2D eigenvalue weighted by atomic mass is 10.1. The summed E-state index contributed by atoms with van der Waals surface area (Å²) >= 11 is 0. The summed E-state index contributed by atoms with van der Waals surface area (Å²) in [6.07, 6.45) is 4.05. The van der Waals surface area contributed by atoms with Gasteiger partial charge < -0.3 is 25.0 Å². The molecule has 0 aliphatic carbocycles. The number of likely N-dealkylation sites (tertiary alicyclic amines) is 2. The van der Waals surface area contributed by atoms with E-state index in [1.807, 2.05) is 6.92 Å². The number of carbonyl (C=O) groups excluding carboxylic acids is 1. The average Bonchev–Trinajstić information content (AvgIpc) is 3.12. The quantitative estimate of drug-likeness (QED) is 0.295. The SMILES string of the molecule is CCNC(=NCC1CCCN1CCOC)NC1CCN(C(=O)OCC)CC1.I. The summed E-state index contributed by atoms with van der Waals surface area (Å²) in [4.78, 5) is 20.9. The third-order valence-electron chi connectivity index (χ3n) is 5.25. The van der Waals surface area contributed by atoms with Crippen molar-refractivity contribution in [3.05, 3.63) is 0 Å². The number of ether oxygens (including phenoxy) is 2. The van der Waals surface area contributed by atoms with Crippen LogP contribution in [0.4, 0.5) is 4.79 Å². The number of piperidine rings is 1. The number of guanidine groups is 1. The minimum Gasteiger partial charge on any atom is -0.450 e. The highest BCUT2D eigenvalue weighted by atomic mass is 127. The van der Waals surface area contributed by atoms with Crippen molar-refractivity contribution in [1.29, 1.82) is 0 Å². The van der Waals surface area contributed by atoms with Crippen molar-refractivity contribution in [2.45, 2.75) is 51.6 Å². The Morgan fingerprint density at radius 2 is 1.93 bits per heavy atom. The molecule has 2 aliphatic rings. The summed E-state index contributed by atoms with van der Waals surface area (Å²) in [5, 5.41) is 6.90. The highest BCUT2D eigenvalue weighted by Crippen LogP contribution is 2.17. The fourth-order valence-electron chi connectivity index (χ4n) is 3.74. The summed E-state index contributed by atoms with van der Waals surface area (Å²) in [7, 11) is 1.75. The molecule has 2 rings (SSSR count). The zero-order valence-electron chi connectivity index (χ0n) is 17.6. The van der Waals surface area contributed by atoms with E-state index in [0.717, 1.165) is 64.7 Å². The van der Waals surface area contributed by atoms with E-state index in [0.29, 0.717) is 18.7 Å². The van der Waals surface area contributed by atoms with Crippen LogP contribution in [0.15, 0.2) is 4.99 Å². The molecule has 2 saturated heterocycles. The first-order chi connectivity index (χ1) is 13.2. The first kappa shape index (κ1) is 25.2. The number of methoxy groups -OCH3 is 1. The van der Waals surface area contributed by atoms with Crippen LogP contribution >= 0.6 is 24.0 Å². The maximum Gasteiger partial charge on any atom is 0.409 e. The van der Waals surface area contributed by atoms with Gasteiger partial charge in [-0.3, -0.25) is 9.89 Å². The van der Waals surface area contributed by atoms with Crippen molar-refractivity contribution in [2.75, 3.05) is 59.6 Å². The molecule has 28 heavy (non-hydrogen) atoms. The topological polar surface area (TPSA) is 78.4 Å². The Morgan fingerprint density at radius 1 is 1.18 bits per heavy atom. The molecule has 1 atom stereocenters. The lowest BCUT2D eigenvalue weighted by molar-refractivity contribution is 0.0963. The Morgan fingerprint density at radius 3 is 2.57 bits per heavy atom. The van der Waals surface area contributed by atoms with E-state index in [1.165, 1.54) is 12.8 Å². The molecule has 1 unspecified atom stereocenters. The summed E-state index contributed by atoms with van der Waals surface area (Å²) in [6.45, 7) is 10.3. The molecule has 1 amide bonds. The zero-order valence-corrected chi connectivity index (χ0v) is 19.9. The minimum atomic E-state index is -0.200. The van der Waals surface area contributed by atoms with E-state index >= 15 is 0 Å². The molecule has 2 N–H and O–H groups in total. The van der Waals surface area contributed by atoms with Gasteiger partial charge >= 0.3 is 6.09 Å². The molecule has 0 saturated carbocycles. The second kappa shape index (κ2) is 14.2. The van der Waals surface area contributed by atoms with E-state index in [4.69, 9.17) is 14.5 Å². The predicted molar refractivity (Wildman–Crippen MR) is 123 cm³/mol. The molecule has 0 spiro atoms. The molecular formula is C19H38IN5O3. The normalized spacial score (nSPS) is 21.3. The van der Waals surface area contributed by atoms with Gasteiger partial charge in [0.15, 0.2) is 5.96 Å². The van der Waals surface area contributed by atoms with Gasteiger partial charge in [-0.05, 0) is 46.1 Å². The Hall–Kier alpha value is -0.810. The molecular weight excluding hydrogens is 473 g/mol. The molecule has 8 nitrogen and oxygen atoms in total. The first-order valence-corrected chi connectivity index (χ1v) is 10.4. The number of amides is 1. The Bertz CT molecular complexity index is 472. The number of hydrogen-bond acceptors (Lipinski definition) is 5. The number of aliphatic imine (C=N–C) groups is 1. The lowest BCUT2D eigenvalue weighted by Gasteiger charge is -2.32. The molecule has 0 aromatic carbocycles. The van der Waals surface area contributed by atoms with Gasteiger partial charge in [-0.15, -0.1) is 24.0 Å². The second-order valence-electron chi connectivity index (χ2n) is 7.15. The second-order valence-corrected chi connectivity index (χ2v) is 7.15. The number of halogens is 1. The Labute approximate surface area is 186 Å². The fraction of sp³-hybridized carbons (Fsp3) is 0.895. The van der Waals surface area contributed by atoms with E-state index in [1.54, 1.807) is 12.0 Å². The first-order valence-electron chi connectivity index (χ1n) is 10.4. The van der Waals surface area contributed by atoms with Crippen LogP contribution in [0.1, 0.15) is 39.5 Å². The smallest absolute Gasteiger partial charge is 0.409 e. The van der Waals surface area contributed by atoms with Gasteiger partial charge in [0.25, 0.3) is 0 Å². The van der Waals surface area contributed by atoms with E-state index in [2.05, 4.69) is 22.5 Å². The lowest BCUT2D eigenvalue weighted by Crippen LogP contribution is -2.50. The van der Waals surface area contributed by atoms with Crippen LogP contribution in [0.2, 0.25) is 0 Å². The van der Waals surface area contributed by atoms with Crippen molar-refractivity contribution in [1.82, 2.24) is 20.4 Å². The monoisotopic (exact) mass is 511 g/mol. The zero-order chi connectivity index (χ0) is 19.5. The molecule has 9 heteroatoms. The molecule has 2 aliphatic heterocycles. The molecule has 0 aromatic rings. The van der Waals surface area contributed by atoms with Crippen molar-refractivity contribution in [2.24, 2.45) is 4.99 Å². The number of hydrogen-bond donors (Lipinski definition) is 2. The van der Waals surface area contributed by atoms with Crippen LogP contribution in [0.3, 0.4) is 0 Å². The molecule has 0 aromatic heterocycles. The van der Waals surface area contributed by atoms with Gasteiger partial charge in [-0.1, -0.05) is 0 Å². The third-order valence-corrected chi connectivity index (χ3v) is 5.25. The van der Waals surface area contributed by atoms with Gasteiger partial charge in [0.2, 0.25) is 0 Å². The number of nitrogens with one attached hydrogen (secondary N) is 2. The average molecular weight is 511 g/mol. The predicted octanol–water partition coefficient (Wildman–Crippen LogP) is 1.89. The summed E-state index contributed by atoms with van der Waals surface area (Å²) < 4.78 is 10.3. The van der Waals surface area contributed by atoms with Crippen LogP contribution < -0.4 is 10.6 Å². The Kier molecular flexibility index (Phi) is 12.8. The Balaban J connectivity index is 0.00000392. The summed E-state index contributed by atoms with van der Waals surface area (Å²) in [5.41, 5.74) is 0. The molecule has 2 fully saturated rings. The summed E-state index contributed by atoms with van der Waals surface area (Å²) in [6, 6.07) is 0.836. The maximum absolute atomic E-state index is 11.8. The number of nitrogens with zero attached hydrogens (tertiary/aromatic N) is 3. The standard InChI is InChI=1S/C19H37N5O3.HI/c1-4-20-18(21-15-17-7-6-10-23(17)13-14-26-3)22-16-8-11-24(12-9-16)19(25)27-5-2;/h16-17H,4-15H2,1-3H3,(H2,20,21,22);1H. The van der Waals surface area contributed by atoms with Crippen LogP contribution in [-0.2, 0) is 9.47 Å². The molecule has 164 valence electrons. The van der Waals surface area contributed by atoms with Crippen molar-refractivity contribution in [3.63, 3.8) is 0 Å². The van der Waals surface area contributed by atoms with Crippen LogP contribution in [-0.4, -0.2) is 93.5 Å². The van der Waals surface area contributed by atoms with Crippen molar-refractivity contribution in [3.8, 4) is 0 Å². The fourth-order valence-corrected chi connectivity index (χ4v) is 3.74. The minimum absolute atomic E-state index is 0. The van der Waals surface area contributed by atoms with Gasteiger partial charge in [0.1, 0.15) is 0 Å². The van der Waals surface area contributed by atoms with Crippen LogP contribution in [0, 0.1) is 0 Å². The highest BCUT2D eigenvalue weighted by Gasteiger charge is 2.25. The van der Waals surface area contributed by atoms with E-state index < -0.39 is 0 Å². The van der Waals surface area contributed by atoms with E-state index in [9.17, 15) is 4.79 Å². The highest BCUT2D eigenvalue weighted by molar-refractivity contribution is 14.0.